The summed E-state index contributed by atoms with van der Waals surface area (Å²) in [7, 11) is 0. The Morgan fingerprint density at radius 1 is 1.24 bits per heavy atom. The molecule has 3 rings (SSSR count). The van der Waals surface area contributed by atoms with Crippen molar-refractivity contribution in [1.82, 2.24) is 4.90 Å². The SMILES string of the molecule is NCC1CC(c2ccc(O)cc2)N(C2CC2)C1. The third-order valence-electron chi connectivity index (χ3n) is 4.05. The molecule has 2 fully saturated rings. The second kappa shape index (κ2) is 4.31. The van der Waals surface area contributed by atoms with Crippen molar-refractivity contribution in [2.75, 3.05) is 13.1 Å². The van der Waals surface area contributed by atoms with Gasteiger partial charge >= 0.3 is 0 Å². The van der Waals surface area contributed by atoms with E-state index in [9.17, 15) is 5.11 Å². The number of nitrogens with two attached hydrogens (primary N) is 1. The molecule has 2 unspecified atom stereocenters. The highest BCUT2D eigenvalue weighted by Crippen LogP contribution is 2.42. The highest BCUT2D eigenvalue weighted by Gasteiger charge is 2.40. The molecular formula is C14H20N2O. The van der Waals surface area contributed by atoms with Crippen LogP contribution >= 0.6 is 0 Å². The number of likely N-dealkylation sites (tertiary alicyclic amines) is 1. The number of aromatic hydroxyl groups is 1. The molecule has 0 bridgehead atoms. The lowest BCUT2D eigenvalue weighted by atomic mass is 10.00. The van der Waals surface area contributed by atoms with Gasteiger partial charge < -0.3 is 10.8 Å². The molecule has 17 heavy (non-hydrogen) atoms. The smallest absolute Gasteiger partial charge is 0.115 e. The summed E-state index contributed by atoms with van der Waals surface area (Å²) in [4.78, 5) is 2.61. The summed E-state index contributed by atoms with van der Waals surface area (Å²) in [5.41, 5.74) is 7.14. The van der Waals surface area contributed by atoms with Crippen molar-refractivity contribution in [3.63, 3.8) is 0 Å². The van der Waals surface area contributed by atoms with Crippen LogP contribution in [0.1, 0.15) is 30.9 Å². The highest BCUT2D eigenvalue weighted by atomic mass is 16.3. The molecule has 3 nitrogen and oxygen atoms in total. The first-order valence-electron chi connectivity index (χ1n) is 6.52. The van der Waals surface area contributed by atoms with E-state index < -0.39 is 0 Å². The quantitative estimate of drug-likeness (QED) is 0.836. The lowest BCUT2D eigenvalue weighted by Gasteiger charge is -2.24. The minimum absolute atomic E-state index is 0.347. The second-order valence-corrected chi connectivity index (χ2v) is 5.37. The van der Waals surface area contributed by atoms with E-state index in [-0.39, 0.29) is 0 Å². The third-order valence-corrected chi connectivity index (χ3v) is 4.05. The third kappa shape index (κ3) is 2.17. The fraction of sp³-hybridized carbons (Fsp3) is 0.571. The van der Waals surface area contributed by atoms with Gasteiger partial charge in [0.05, 0.1) is 0 Å². The summed E-state index contributed by atoms with van der Waals surface area (Å²) in [6.45, 7) is 1.94. The molecule has 2 aliphatic rings. The van der Waals surface area contributed by atoms with E-state index in [2.05, 4.69) is 4.90 Å². The number of hydrogen-bond donors (Lipinski definition) is 2. The van der Waals surface area contributed by atoms with Crippen LogP contribution in [0.5, 0.6) is 5.75 Å². The molecule has 1 saturated carbocycles. The summed E-state index contributed by atoms with van der Waals surface area (Å²) in [5.74, 6) is 0.981. The van der Waals surface area contributed by atoms with Crippen LogP contribution < -0.4 is 5.73 Å². The molecule has 1 saturated heterocycles. The van der Waals surface area contributed by atoms with Crippen molar-refractivity contribution in [2.24, 2.45) is 11.7 Å². The largest absolute Gasteiger partial charge is 0.508 e. The van der Waals surface area contributed by atoms with Crippen LogP contribution in [0.2, 0.25) is 0 Å². The monoisotopic (exact) mass is 232 g/mol. The Balaban J connectivity index is 1.82. The molecule has 1 aromatic rings. The van der Waals surface area contributed by atoms with Gasteiger partial charge in [-0.15, -0.1) is 0 Å². The number of hydrogen-bond acceptors (Lipinski definition) is 3. The number of phenolic OH excluding ortho intramolecular Hbond substituents is 1. The van der Waals surface area contributed by atoms with E-state index in [0.717, 1.165) is 25.6 Å². The Morgan fingerprint density at radius 2 is 1.94 bits per heavy atom. The van der Waals surface area contributed by atoms with Crippen molar-refractivity contribution < 1.29 is 5.11 Å². The molecule has 0 spiro atoms. The molecule has 3 N–H and O–H groups in total. The van der Waals surface area contributed by atoms with Crippen molar-refractivity contribution in [3.8, 4) is 5.75 Å². The number of phenols is 1. The van der Waals surface area contributed by atoms with Gasteiger partial charge in [-0.3, -0.25) is 4.90 Å². The van der Waals surface area contributed by atoms with Gasteiger partial charge in [-0.25, -0.2) is 0 Å². The predicted octanol–water partition coefficient (Wildman–Crippen LogP) is 1.88. The molecule has 3 heteroatoms. The Labute approximate surface area is 102 Å². The topological polar surface area (TPSA) is 49.5 Å². The summed E-state index contributed by atoms with van der Waals surface area (Å²) in [6, 6.07) is 8.97. The number of rotatable bonds is 3. The first kappa shape index (κ1) is 11.1. The summed E-state index contributed by atoms with van der Waals surface area (Å²) in [5, 5.41) is 9.35. The zero-order valence-electron chi connectivity index (χ0n) is 10.0. The number of benzene rings is 1. The normalized spacial score (nSPS) is 29.7. The second-order valence-electron chi connectivity index (χ2n) is 5.37. The van der Waals surface area contributed by atoms with E-state index in [1.54, 1.807) is 12.1 Å². The molecule has 1 aromatic carbocycles. The van der Waals surface area contributed by atoms with E-state index >= 15 is 0 Å². The van der Waals surface area contributed by atoms with Gasteiger partial charge in [-0.1, -0.05) is 12.1 Å². The molecule has 1 heterocycles. The fourth-order valence-electron chi connectivity index (χ4n) is 2.96. The van der Waals surface area contributed by atoms with Gasteiger partial charge in [-0.2, -0.15) is 0 Å². The predicted molar refractivity (Wildman–Crippen MR) is 67.7 cm³/mol. The summed E-state index contributed by atoms with van der Waals surface area (Å²) < 4.78 is 0. The number of nitrogens with zero attached hydrogens (tertiary/aromatic N) is 1. The van der Waals surface area contributed by atoms with Crippen LogP contribution in [0, 0.1) is 5.92 Å². The first-order valence-corrected chi connectivity index (χ1v) is 6.52. The van der Waals surface area contributed by atoms with Crippen LogP contribution in [0.3, 0.4) is 0 Å². The zero-order valence-corrected chi connectivity index (χ0v) is 10.0. The lowest BCUT2D eigenvalue weighted by molar-refractivity contribution is 0.243. The minimum Gasteiger partial charge on any atom is -0.508 e. The van der Waals surface area contributed by atoms with Crippen LogP contribution in [-0.4, -0.2) is 29.1 Å². The van der Waals surface area contributed by atoms with Crippen molar-refractivity contribution in [3.05, 3.63) is 29.8 Å². The molecule has 0 amide bonds. The highest BCUT2D eigenvalue weighted by molar-refractivity contribution is 5.29. The maximum absolute atomic E-state index is 9.35. The van der Waals surface area contributed by atoms with Crippen LogP contribution in [0.15, 0.2) is 24.3 Å². The van der Waals surface area contributed by atoms with Crippen molar-refractivity contribution in [1.29, 1.82) is 0 Å². The lowest BCUT2D eigenvalue weighted by Crippen LogP contribution is -2.27. The fourth-order valence-corrected chi connectivity index (χ4v) is 2.96. The zero-order chi connectivity index (χ0) is 11.8. The Hall–Kier alpha value is -1.06. The van der Waals surface area contributed by atoms with Gasteiger partial charge in [0.1, 0.15) is 5.75 Å². The van der Waals surface area contributed by atoms with Gasteiger partial charge in [0.15, 0.2) is 0 Å². The average molecular weight is 232 g/mol. The maximum atomic E-state index is 9.35. The molecule has 1 aliphatic carbocycles. The van der Waals surface area contributed by atoms with Crippen LogP contribution in [0.25, 0.3) is 0 Å². The standard InChI is InChI=1S/C14H20N2O/c15-8-10-7-14(16(9-10)12-3-4-12)11-1-5-13(17)6-2-11/h1-2,5-6,10,12,14,17H,3-4,7-9,15H2. The summed E-state index contributed by atoms with van der Waals surface area (Å²) in [6.07, 6.45) is 3.84. The Bertz CT molecular complexity index is 386. The van der Waals surface area contributed by atoms with Crippen LogP contribution in [0.4, 0.5) is 0 Å². The van der Waals surface area contributed by atoms with E-state index in [1.165, 1.54) is 18.4 Å². The van der Waals surface area contributed by atoms with E-state index in [4.69, 9.17) is 5.73 Å². The van der Waals surface area contributed by atoms with Gasteiger partial charge in [-0.05, 0) is 49.4 Å². The molecule has 0 aromatic heterocycles. The van der Waals surface area contributed by atoms with Crippen molar-refractivity contribution in [2.45, 2.75) is 31.3 Å². The van der Waals surface area contributed by atoms with E-state index in [0.29, 0.717) is 17.7 Å². The molecule has 92 valence electrons. The van der Waals surface area contributed by atoms with Gasteiger partial charge in [0.25, 0.3) is 0 Å². The van der Waals surface area contributed by atoms with Gasteiger partial charge in [0, 0.05) is 18.6 Å². The Morgan fingerprint density at radius 3 is 2.53 bits per heavy atom. The molecule has 1 aliphatic heterocycles. The summed E-state index contributed by atoms with van der Waals surface area (Å²) >= 11 is 0. The Kier molecular flexibility index (Phi) is 2.81. The average Bonchev–Trinajstić information content (AvgIpc) is 3.10. The van der Waals surface area contributed by atoms with E-state index in [1.807, 2.05) is 12.1 Å². The minimum atomic E-state index is 0.347. The molecule has 0 radical (unpaired) electrons. The molecule has 2 atom stereocenters. The van der Waals surface area contributed by atoms with Gasteiger partial charge in [0.2, 0.25) is 0 Å². The molecular weight excluding hydrogens is 212 g/mol. The maximum Gasteiger partial charge on any atom is 0.115 e. The van der Waals surface area contributed by atoms with Crippen molar-refractivity contribution >= 4 is 0 Å². The van der Waals surface area contributed by atoms with Crippen LogP contribution in [-0.2, 0) is 0 Å². The first-order chi connectivity index (χ1) is 8.28.